The van der Waals surface area contributed by atoms with Crippen LogP contribution in [0.25, 0.3) is 9.69 Å². The standard InChI is InChI=1S/C50H44N4O12/c1-5-44(56)62-27-15-8-7-14-26-61-42-25-23-37(47(54-4)40(42)31-52)50(60)66-43-24-20-34(29-38(43)48(58)64-32-33-17-11-9-12-18-33)65-49(59)35-21-22-36(46(53-3)39(35)30-51)41(55)19-13-10-16-28-63-45(57)6-2/h5-6,9,11-12,17-18,20-25,29,41,55H,1-2,7-8,10,13-16,19,26-28,32H2. The van der Waals surface area contributed by atoms with E-state index < -0.39 is 36.0 Å². The van der Waals surface area contributed by atoms with Gasteiger partial charge in [-0.05, 0) is 86.4 Å². The van der Waals surface area contributed by atoms with Crippen LogP contribution in [0.1, 0.15) is 111 Å². The number of unbranched alkanes of at least 4 members (excludes halogenated alkanes) is 5. The Morgan fingerprint density at radius 3 is 1.85 bits per heavy atom. The van der Waals surface area contributed by atoms with E-state index in [9.17, 15) is 39.6 Å². The average Bonchev–Trinajstić information content (AvgIpc) is 3.34. The van der Waals surface area contributed by atoms with Crippen LogP contribution in [0.15, 0.2) is 98.1 Å². The summed E-state index contributed by atoms with van der Waals surface area (Å²) < 4.78 is 32.4. The van der Waals surface area contributed by atoms with Gasteiger partial charge in [0.1, 0.15) is 35.0 Å². The Morgan fingerprint density at radius 2 is 1.23 bits per heavy atom. The molecule has 0 aliphatic heterocycles. The summed E-state index contributed by atoms with van der Waals surface area (Å²) in [7, 11) is 0. The molecule has 0 saturated carbocycles. The molecule has 0 radical (unpaired) electrons. The minimum Gasteiger partial charge on any atom is -0.494 e. The van der Waals surface area contributed by atoms with Gasteiger partial charge in [0.15, 0.2) is 0 Å². The molecule has 1 atom stereocenters. The lowest BCUT2D eigenvalue weighted by Crippen LogP contribution is -2.15. The summed E-state index contributed by atoms with van der Waals surface area (Å²) in [6.45, 7) is 22.7. The second-order valence-electron chi connectivity index (χ2n) is 14.1. The number of nitrogens with zero attached hydrogens (tertiary/aromatic N) is 4. The molecule has 0 saturated heterocycles. The van der Waals surface area contributed by atoms with Gasteiger partial charge in [0.25, 0.3) is 0 Å². The molecular formula is C50H44N4O12. The number of esters is 5. The first-order valence-electron chi connectivity index (χ1n) is 20.6. The maximum Gasteiger partial charge on any atom is 0.343 e. The van der Waals surface area contributed by atoms with Gasteiger partial charge in [-0.3, -0.25) is 0 Å². The lowest BCUT2D eigenvalue weighted by molar-refractivity contribution is -0.138. The third-order valence-electron chi connectivity index (χ3n) is 9.63. The van der Waals surface area contributed by atoms with Crippen LogP contribution in [0.2, 0.25) is 0 Å². The number of hydrogen-bond acceptors (Lipinski definition) is 14. The fourth-order valence-corrected chi connectivity index (χ4v) is 6.28. The van der Waals surface area contributed by atoms with Crippen molar-refractivity contribution in [1.29, 1.82) is 10.5 Å². The van der Waals surface area contributed by atoms with Gasteiger partial charge in [0.2, 0.25) is 11.4 Å². The minimum absolute atomic E-state index is 0.0719. The Balaban J connectivity index is 1.54. The number of aliphatic hydroxyl groups excluding tert-OH is 1. The Labute approximate surface area is 381 Å². The average molecular weight is 893 g/mol. The second kappa shape index (κ2) is 26.1. The molecule has 0 fully saturated rings. The molecule has 16 heteroatoms. The molecule has 4 aromatic carbocycles. The number of carbonyl (C=O) groups is 5. The number of carbonyl (C=O) groups excluding carboxylic acids is 5. The van der Waals surface area contributed by atoms with Gasteiger partial charge in [-0.25, -0.2) is 33.7 Å². The van der Waals surface area contributed by atoms with E-state index in [4.69, 9.17) is 41.6 Å². The van der Waals surface area contributed by atoms with Crippen molar-refractivity contribution >= 4 is 41.2 Å². The molecule has 0 amide bonds. The van der Waals surface area contributed by atoms with Crippen molar-refractivity contribution in [2.75, 3.05) is 19.8 Å². The summed E-state index contributed by atoms with van der Waals surface area (Å²) >= 11 is 0. The van der Waals surface area contributed by atoms with E-state index in [1.807, 2.05) is 12.1 Å². The van der Waals surface area contributed by atoms with Gasteiger partial charge in [0.05, 0.1) is 67.9 Å². The number of aliphatic hydroxyl groups is 1. The fourth-order valence-electron chi connectivity index (χ4n) is 6.28. The van der Waals surface area contributed by atoms with Crippen LogP contribution in [-0.4, -0.2) is 54.8 Å². The van der Waals surface area contributed by atoms with Crippen LogP contribution in [0.4, 0.5) is 11.4 Å². The lowest BCUT2D eigenvalue weighted by atomic mass is 9.95. The number of ether oxygens (including phenoxy) is 6. The molecule has 0 aromatic heterocycles. The highest BCUT2D eigenvalue weighted by atomic mass is 16.6. The molecule has 66 heavy (non-hydrogen) atoms. The highest BCUT2D eigenvalue weighted by Crippen LogP contribution is 2.36. The van der Waals surface area contributed by atoms with Gasteiger partial charge in [-0.1, -0.05) is 62.0 Å². The first-order chi connectivity index (χ1) is 32.0. The third kappa shape index (κ3) is 14.2. The minimum atomic E-state index is -1.15. The summed E-state index contributed by atoms with van der Waals surface area (Å²) in [6, 6.07) is 21.1. The van der Waals surface area contributed by atoms with Crippen LogP contribution in [-0.2, 0) is 30.4 Å². The van der Waals surface area contributed by atoms with E-state index in [0.717, 1.165) is 37.1 Å². The smallest absolute Gasteiger partial charge is 0.343 e. The normalized spacial score (nSPS) is 10.6. The molecule has 1 unspecified atom stereocenters. The van der Waals surface area contributed by atoms with Crippen LogP contribution in [0.3, 0.4) is 0 Å². The van der Waals surface area contributed by atoms with Crippen molar-refractivity contribution in [2.24, 2.45) is 0 Å². The molecule has 4 aromatic rings. The van der Waals surface area contributed by atoms with Gasteiger partial charge in [-0.2, -0.15) is 10.5 Å². The van der Waals surface area contributed by atoms with Crippen molar-refractivity contribution in [2.45, 2.75) is 64.1 Å². The van der Waals surface area contributed by atoms with Gasteiger partial charge in [-0.15, -0.1) is 0 Å². The highest BCUT2D eigenvalue weighted by molar-refractivity contribution is 6.01. The summed E-state index contributed by atoms with van der Waals surface area (Å²) in [5.41, 5.74) is -1.36. The van der Waals surface area contributed by atoms with Crippen LogP contribution >= 0.6 is 0 Å². The lowest BCUT2D eigenvalue weighted by Gasteiger charge is -2.16. The van der Waals surface area contributed by atoms with Gasteiger partial charge >= 0.3 is 29.8 Å². The SMILES string of the molecule is [C-]#[N+]c1c(C(=O)Oc2ccc(OC(=O)c3ccc(C(O)CCCCCOC(=O)C=C)c([N+]#[C-])c3C#N)cc2C(=O)OCc2ccccc2)ccc(OCCCCCCOC(=O)C=C)c1C#N. The van der Waals surface area contributed by atoms with Gasteiger partial charge in [0, 0.05) is 12.2 Å². The summed E-state index contributed by atoms with van der Waals surface area (Å²) in [5.74, 6) is -4.74. The van der Waals surface area contributed by atoms with Crippen molar-refractivity contribution < 1.29 is 57.5 Å². The van der Waals surface area contributed by atoms with Gasteiger partial charge < -0.3 is 33.5 Å². The number of benzene rings is 4. The molecule has 0 aliphatic carbocycles. The van der Waals surface area contributed by atoms with E-state index in [2.05, 4.69) is 22.8 Å². The third-order valence-corrected chi connectivity index (χ3v) is 9.63. The Morgan fingerprint density at radius 1 is 0.636 bits per heavy atom. The predicted molar refractivity (Wildman–Crippen MR) is 236 cm³/mol. The van der Waals surface area contributed by atoms with Crippen molar-refractivity contribution in [3.05, 3.63) is 160 Å². The first kappa shape index (κ1) is 50.1. The van der Waals surface area contributed by atoms with Crippen LogP contribution < -0.4 is 14.2 Å². The highest BCUT2D eigenvalue weighted by Gasteiger charge is 2.27. The summed E-state index contributed by atoms with van der Waals surface area (Å²) in [5, 5.41) is 31.0. The first-order valence-corrected chi connectivity index (χ1v) is 20.6. The Bertz CT molecular complexity index is 2610. The Hall–Kier alpha value is -8.57. The molecule has 16 nitrogen and oxygen atoms in total. The van der Waals surface area contributed by atoms with E-state index in [1.54, 1.807) is 30.3 Å². The van der Waals surface area contributed by atoms with Crippen molar-refractivity contribution in [1.82, 2.24) is 0 Å². The zero-order chi connectivity index (χ0) is 47.8. The van der Waals surface area contributed by atoms with Crippen LogP contribution in [0, 0.1) is 35.8 Å². The zero-order valence-electron chi connectivity index (χ0n) is 35.8. The molecule has 4 rings (SSSR count). The Kier molecular flexibility index (Phi) is 19.8. The summed E-state index contributed by atoms with van der Waals surface area (Å²) in [4.78, 5) is 70.1. The molecule has 336 valence electrons. The number of nitriles is 2. The molecular weight excluding hydrogens is 849 g/mol. The molecule has 1 N–H and O–H groups in total. The van der Waals surface area contributed by atoms with E-state index in [1.165, 1.54) is 30.3 Å². The quantitative estimate of drug-likeness (QED) is 0.0173. The van der Waals surface area contributed by atoms with Crippen molar-refractivity contribution in [3.63, 3.8) is 0 Å². The zero-order valence-corrected chi connectivity index (χ0v) is 35.8. The molecule has 0 spiro atoms. The predicted octanol–water partition coefficient (Wildman–Crippen LogP) is 9.32. The topological polar surface area (TPSA) is 217 Å². The monoisotopic (exact) mass is 892 g/mol. The van der Waals surface area contributed by atoms with E-state index in [0.29, 0.717) is 37.7 Å². The van der Waals surface area contributed by atoms with Crippen LogP contribution in [0.5, 0.6) is 17.2 Å². The second-order valence-corrected chi connectivity index (χ2v) is 14.1. The fraction of sp³-hybridized carbons (Fsp3) is 0.260. The number of hydrogen-bond donors (Lipinski definition) is 1. The van der Waals surface area contributed by atoms with Crippen molar-refractivity contribution in [3.8, 4) is 29.4 Å². The maximum atomic E-state index is 13.7. The molecule has 0 heterocycles. The molecule has 0 aliphatic rings. The number of rotatable bonds is 24. The summed E-state index contributed by atoms with van der Waals surface area (Å²) in [6.07, 6.45) is 5.55. The van der Waals surface area contributed by atoms with E-state index in [-0.39, 0.29) is 94.9 Å². The molecule has 0 bridgehead atoms. The van der Waals surface area contributed by atoms with E-state index >= 15 is 0 Å². The largest absolute Gasteiger partial charge is 0.494 e. The maximum absolute atomic E-state index is 13.7.